The van der Waals surface area contributed by atoms with E-state index in [1.165, 1.54) is 19.1 Å². The molecule has 0 fully saturated rings. The Morgan fingerprint density at radius 1 is 0.600 bits per heavy atom. The number of carboxylic acid groups (broad SMARTS) is 1. The van der Waals surface area contributed by atoms with E-state index in [1.807, 2.05) is 0 Å². The fraction of sp³-hybridized carbons (Fsp3) is 0.459. The van der Waals surface area contributed by atoms with Crippen molar-refractivity contribution in [3.05, 3.63) is 65.7 Å². The zero-order valence-corrected chi connectivity index (χ0v) is 31.5. The summed E-state index contributed by atoms with van der Waals surface area (Å²) >= 11 is 0. The Balaban J connectivity index is 2.23. The predicted octanol–water partition coefficient (Wildman–Crippen LogP) is -1.66. The van der Waals surface area contributed by atoms with Crippen LogP contribution in [0.3, 0.4) is 0 Å². The van der Waals surface area contributed by atoms with E-state index in [0.29, 0.717) is 11.1 Å². The van der Waals surface area contributed by atoms with Crippen LogP contribution in [-0.4, -0.2) is 100 Å². The van der Waals surface area contributed by atoms with Gasteiger partial charge in [0.05, 0.1) is 19.0 Å². The number of aromatic hydroxyl groups is 1. The van der Waals surface area contributed by atoms with Gasteiger partial charge in [-0.3, -0.25) is 38.4 Å². The standard InChI is InChI=1S/C37H52N8O10/c1-19(2)30(36(54)40-18-28(39)47)44-35(53)27(17-29(48)49)43-37(55)31(20(3)4)45-34(52)26(16-22-9-7-6-8-10-22)42-32(50)21(5)41-33(51)25(38)15-23-11-13-24(46)14-12-23/h6-14,19-21,25-27,30-31,46H,15-18,38H2,1-5H3,(H2,39,47)(H,40,54)(H,41,51)(H,42,50)(H,43,55)(H,44,53)(H,45,52)(H,48,49)/t21-,25+,26+,27+,30+,31+/m1/s1. The number of aliphatic carboxylic acids is 1. The summed E-state index contributed by atoms with van der Waals surface area (Å²) < 4.78 is 0. The summed E-state index contributed by atoms with van der Waals surface area (Å²) in [5, 5.41) is 33.8. The molecular weight excluding hydrogens is 716 g/mol. The molecule has 7 amide bonds. The molecule has 0 saturated heterocycles. The number of phenols is 1. The molecule has 0 spiro atoms. The first kappa shape index (κ1) is 45.1. The van der Waals surface area contributed by atoms with Gasteiger partial charge in [-0.1, -0.05) is 70.2 Å². The van der Waals surface area contributed by atoms with Crippen LogP contribution in [0.25, 0.3) is 0 Å². The van der Waals surface area contributed by atoms with Crippen molar-refractivity contribution < 1.29 is 48.6 Å². The molecule has 18 heteroatoms. The Morgan fingerprint density at radius 3 is 1.64 bits per heavy atom. The van der Waals surface area contributed by atoms with Crippen LogP contribution in [0.5, 0.6) is 5.75 Å². The minimum absolute atomic E-state index is 0.0235. The van der Waals surface area contributed by atoms with Crippen molar-refractivity contribution in [2.75, 3.05) is 6.54 Å². The van der Waals surface area contributed by atoms with Crippen molar-refractivity contribution in [1.29, 1.82) is 0 Å². The number of carboxylic acids is 1. The molecule has 0 unspecified atom stereocenters. The lowest BCUT2D eigenvalue weighted by atomic mass is 9.99. The largest absolute Gasteiger partial charge is 0.508 e. The summed E-state index contributed by atoms with van der Waals surface area (Å²) in [4.78, 5) is 102. The third-order valence-electron chi connectivity index (χ3n) is 8.34. The number of benzene rings is 2. The summed E-state index contributed by atoms with van der Waals surface area (Å²) in [6.45, 7) is 7.28. The molecule has 0 radical (unpaired) electrons. The van der Waals surface area contributed by atoms with E-state index in [2.05, 4.69) is 31.9 Å². The Morgan fingerprint density at radius 2 is 1.11 bits per heavy atom. The molecule has 0 saturated carbocycles. The molecule has 12 N–H and O–H groups in total. The average Bonchev–Trinajstić information content (AvgIpc) is 3.11. The maximum absolute atomic E-state index is 13.8. The van der Waals surface area contributed by atoms with Gasteiger partial charge in [0.15, 0.2) is 0 Å². The van der Waals surface area contributed by atoms with Gasteiger partial charge in [0.25, 0.3) is 0 Å². The quantitative estimate of drug-likeness (QED) is 0.0685. The third kappa shape index (κ3) is 15.5. The predicted molar refractivity (Wildman–Crippen MR) is 199 cm³/mol. The van der Waals surface area contributed by atoms with E-state index in [-0.39, 0.29) is 18.6 Å². The second kappa shape index (κ2) is 21.6. The molecule has 2 aromatic carbocycles. The molecule has 0 heterocycles. The van der Waals surface area contributed by atoms with Crippen LogP contribution < -0.4 is 43.4 Å². The van der Waals surface area contributed by atoms with Crippen LogP contribution in [0.15, 0.2) is 54.6 Å². The highest BCUT2D eigenvalue weighted by Gasteiger charge is 2.35. The van der Waals surface area contributed by atoms with Crippen molar-refractivity contribution in [2.24, 2.45) is 23.3 Å². The van der Waals surface area contributed by atoms with Crippen LogP contribution in [0, 0.1) is 11.8 Å². The number of carbonyl (C=O) groups is 8. The average molecular weight is 769 g/mol. The topological polar surface area (TPSA) is 301 Å². The third-order valence-corrected chi connectivity index (χ3v) is 8.34. The van der Waals surface area contributed by atoms with Gasteiger partial charge >= 0.3 is 5.97 Å². The van der Waals surface area contributed by atoms with Crippen molar-refractivity contribution in [2.45, 2.75) is 90.1 Å². The monoisotopic (exact) mass is 768 g/mol. The van der Waals surface area contributed by atoms with E-state index >= 15 is 0 Å². The molecule has 0 aliphatic rings. The SMILES string of the molecule is CC(C)[C@H](NC(=O)[C@H](CC(=O)O)NC(=O)[C@@H](NC(=O)[C@H](Cc1ccccc1)NC(=O)[C@@H](C)NC(=O)[C@@H](N)Cc1ccc(O)cc1)C(C)C)C(=O)NCC(N)=O. The van der Waals surface area contributed by atoms with Crippen LogP contribution in [0.1, 0.15) is 52.2 Å². The minimum Gasteiger partial charge on any atom is -0.508 e. The first-order valence-corrected chi connectivity index (χ1v) is 17.7. The number of phenolic OH excluding ortho intramolecular Hbond substituents is 1. The zero-order valence-electron chi connectivity index (χ0n) is 31.5. The molecule has 2 aromatic rings. The molecule has 0 aromatic heterocycles. The molecule has 0 aliphatic heterocycles. The lowest BCUT2D eigenvalue weighted by molar-refractivity contribution is -0.142. The van der Waals surface area contributed by atoms with Crippen molar-refractivity contribution in [1.82, 2.24) is 31.9 Å². The van der Waals surface area contributed by atoms with Gasteiger partial charge in [-0.25, -0.2) is 0 Å². The van der Waals surface area contributed by atoms with E-state index in [9.17, 15) is 48.6 Å². The van der Waals surface area contributed by atoms with Gasteiger partial charge < -0.3 is 53.6 Å². The van der Waals surface area contributed by atoms with Crippen LogP contribution in [-0.2, 0) is 51.2 Å². The van der Waals surface area contributed by atoms with Gasteiger partial charge in [0, 0.05) is 6.42 Å². The lowest BCUT2D eigenvalue weighted by Crippen LogP contribution is -2.61. The fourth-order valence-corrected chi connectivity index (χ4v) is 5.23. The maximum Gasteiger partial charge on any atom is 0.305 e. The van der Waals surface area contributed by atoms with Gasteiger partial charge in [-0.05, 0) is 48.4 Å². The number of primary amides is 1. The summed E-state index contributed by atoms with van der Waals surface area (Å²) in [6, 6.07) is 7.11. The number of rotatable bonds is 21. The van der Waals surface area contributed by atoms with E-state index in [4.69, 9.17) is 11.5 Å². The molecule has 300 valence electrons. The second-order valence-electron chi connectivity index (χ2n) is 13.8. The van der Waals surface area contributed by atoms with Crippen molar-refractivity contribution in [3.63, 3.8) is 0 Å². The molecule has 0 aliphatic carbocycles. The number of hydrogen-bond donors (Lipinski definition) is 10. The molecule has 0 bridgehead atoms. The van der Waals surface area contributed by atoms with Crippen LogP contribution in [0.2, 0.25) is 0 Å². The number of amides is 7. The summed E-state index contributed by atoms with van der Waals surface area (Å²) in [5.74, 6) is -8.19. The highest BCUT2D eigenvalue weighted by atomic mass is 16.4. The van der Waals surface area contributed by atoms with Gasteiger partial charge in [-0.2, -0.15) is 0 Å². The van der Waals surface area contributed by atoms with Gasteiger partial charge in [0.1, 0.15) is 36.0 Å². The van der Waals surface area contributed by atoms with E-state index in [1.54, 1.807) is 70.2 Å². The Bertz CT molecular complexity index is 1670. The molecular formula is C37H52N8O10. The minimum atomic E-state index is -1.68. The zero-order chi connectivity index (χ0) is 41.4. The van der Waals surface area contributed by atoms with Crippen LogP contribution in [0.4, 0.5) is 0 Å². The summed E-state index contributed by atoms with van der Waals surface area (Å²) in [5.41, 5.74) is 12.5. The molecule has 6 atom stereocenters. The molecule has 18 nitrogen and oxygen atoms in total. The van der Waals surface area contributed by atoms with Crippen molar-refractivity contribution >= 4 is 47.3 Å². The Hall–Kier alpha value is -6.04. The Kier molecular flexibility index (Phi) is 17.7. The normalized spacial score (nSPS) is 14.3. The maximum atomic E-state index is 13.8. The van der Waals surface area contributed by atoms with Gasteiger partial charge in [0.2, 0.25) is 41.4 Å². The fourth-order valence-electron chi connectivity index (χ4n) is 5.23. The Labute approximate surface area is 318 Å². The van der Waals surface area contributed by atoms with Crippen molar-refractivity contribution in [3.8, 4) is 5.75 Å². The highest BCUT2D eigenvalue weighted by molar-refractivity contribution is 5.98. The number of hydrogen-bond acceptors (Lipinski definition) is 10. The molecule has 55 heavy (non-hydrogen) atoms. The van der Waals surface area contributed by atoms with E-state index in [0.717, 1.165) is 0 Å². The second-order valence-corrected chi connectivity index (χ2v) is 13.8. The number of nitrogens with two attached hydrogens (primary N) is 2. The summed E-state index contributed by atoms with van der Waals surface area (Å²) in [6.07, 6.45) is -0.777. The highest BCUT2D eigenvalue weighted by Crippen LogP contribution is 2.12. The number of carbonyl (C=O) groups excluding carboxylic acids is 7. The summed E-state index contributed by atoms with van der Waals surface area (Å²) in [7, 11) is 0. The lowest BCUT2D eigenvalue weighted by Gasteiger charge is -2.28. The van der Waals surface area contributed by atoms with E-state index < -0.39 is 108 Å². The van der Waals surface area contributed by atoms with Gasteiger partial charge in [-0.15, -0.1) is 0 Å². The number of nitrogens with one attached hydrogen (secondary N) is 6. The molecule has 2 rings (SSSR count). The first-order chi connectivity index (χ1) is 25.8. The van der Waals surface area contributed by atoms with Crippen LogP contribution >= 0.6 is 0 Å². The first-order valence-electron chi connectivity index (χ1n) is 17.7. The smallest absolute Gasteiger partial charge is 0.305 e.